The lowest BCUT2D eigenvalue weighted by molar-refractivity contribution is 0.0857. The van der Waals surface area contributed by atoms with Crippen LogP contribution >= 0.6 is 0 Å². The number of para-hydroxylation sites is 1. The molecule has 0 radical (unpaired) electrons. The van der Waals surface area contributed by atoms with E-state index in [0.29, 0.717) is 13.1 Å². The van der Waals surface area contributed by atoms with Crippen LogP contribution in [0.3, 0.4) is 0 Å². The zero-order valence-electron chi connectivity index (χ0n) is 13.1. The zero-order valence-corrected chi connectivity index (χ0v) is 13.1. The summed E-state index contributed by atoms with van der Waals surface area (Å²) < 4.78 is 1.74. The molecule has 22 heavy (non-hydrogen) atoms. The maximum Gasteiger partial charge on any atom is 0.407 e. The predicted octanol–water partition coefficient (Wildman–Crippen LogP) is 2.28. The fourth-order valence-electron chi connectivity index (χ4n) is 3.29. The molecule has 0 aliphatic carbocycles. The number of nitrogens with zero attached hydrogens (tertiary/aromatic N) is 2. The van der Waals surface area contributed by atoms with E-state index in [9.17, 15) is 14.7 Å². The topological polar surface area (TPSA) is 78.3 Å². The molecule has 0 spiro atoms. The molecule has 6 heteroatoms. The van der Waals surface area contributed by atoms with Crippen molar-refractivity contribution in [1.29, 1.82) is 0 Å². The van der Waals surface area contributed by atoms with Crippen LogP contribution in [0.4, 0.5) is 4.79 Å². The average Bonchev–Trinajstić information content (AvgIpc) is 2.73. The molecular formula is C16H21N3O3. The Kier molecular flexibility index (Phi) is 3.27. The van der Waals surface area contributed by atoms with Crippen molar-refractivity contribution in [1.82, 2.24) is 14.5 Å². The maximum absolute atomic E-state index is 12.1. The van der Waals surface area contributed by atoms with E-state index < -0.39 is 11.6 Å². The monoisotopic (exact) mass is 303 g/mol. The first-order chi connectivity index (χ1) is 10.3. The highest BCUT2D eigenvalue weighted by Gasteiger charge is 2.31. The van der Waals surface area contributed by atoms with Gasteiger partial charge in [0, 0.05) is 18.6 Å². The summed E-state index contributed by atoms with van der Waals surface area (Å²) in [4.78, 5) is 27.9. The quantitative estimate of drug-likeness (QED) is 0.893. The van der Waals surface area contributed by atoms with Crippen molar-refractivity contribution in [2.45, 2.75) is 39.3 Å². The Morgan fingerprint density at radius 3 is 2.82 bits per heavy atom. The van der Waals surface area contributed by atoms with Gasteiger partial charge < -0.3 is 15.0 Å². The van der Waals surface area contributed by atoms with Gasteiger partial charge in [-0.2, -0.15) is 0 Å². The molecule has 1 aliphatic heterocycles. The van der Waals surface area contributed by atoms with E-state index in [1.165, 1.54) is 4.90 Å². The largest absolute Gasteiger partial charge is 0.465 e. The number of nitrogens with one attached hydrogen (secondary N) is 1. The van der Waals surface area contributed by atoms with Gasteiger partial charge in [0.25, 0.3) is 0 Å². The highest BCUT2D eigenvalue weighted by molar-refractivity contribution is 5.79. The second-order valence-electron chi connectivity index (χ2n) is 6.99. The number of imidazole rings is 1. The molecule has 6 nitrogen and oxygen atoms in total. The number of hydrogen-bond acceptors (Lipinski definition) is 2. The number of amides is 1. The second kappa shape index (κ2) is 4.90. The van der Waals surface area contributed by atoms with Crippen molar-refractivity contribution >= 4 is 17.1 Å². The minimum Gasteiger partial charge on any atom is -0.465 e. The van der Waals surface area contributed by atoms with Crippen LogP contribution in [0.2, 0.25) is 0 Å². The summed E-state index contributed by atoms with van der Waals surface area (Å²) in [6.45, 7) is 6.64. The number of carboxylic acid groups (broad SMARTS) is 1. The Morgan fingerprint density at radius 1 is 1.45 bits per heavy atom. The number of hydrogen-bond donors (Lipinski definition) is 2. The summed E-state index contributed by atoms with van der Waals surface area (Å²) in [5.74, 6) is 0.0990. The molecule has 0 saturated carbocycles. The molecule has 0 saturated heterocycles. The van der Waals surface area contributed by atoms with Crippen molar-refractivity contribution in [3.05, 3.63) is 34.2 Å². The minimum atomic E-state index is -0.919. The standard InChI is InChI=1S/C16H21N3O3/c1-16(2,3)19(15(21)22)9-10-7-11-5-4-6-12-13(11)18(8-10)14(20)17-12/h4-6,10H,7-9H2,1-3H3,(H,17,20)(H,21,22). The molecule has 3 rings (SSSR count). The summed E-state index contributed by atoms with van der Waals surface area (Å²) in [6, 6.07) is 5.84. The third-order valence-corrected chi connectivity index (χ3v) is 4.31. The molecule has 118 valence electrons. The summed E-state index contributed by atoms with van der Waals surface area (Å²) >= 11 is 0. The third kappa shape index (κ3) is 2.38. The van der Waals surface area contributed by atoms with Crippen LogP contribution in [0, 0.1) is 5.92 Å². The first kappa shape index (κ1) is 14.7. The lowest BCUT2D eigenvalue weighted by Crippen LogP contribution is -2.48. The van der Waals surface area contributed by atoms with Crippen molar-refractivity contribution in [2.75, 3.05) is 6.54 Å². The maximum atomic E-state index is 12.1. The van der Waals surface area contributed by atoms with Crippen molar-refractivity contribution in [2.24, 2.45) is 5.92 Å². The van der Waals surface area contributed by atoms with E-state index >= 15 is 0 Å². The highest BCUT2D eigenvalue weighted by Crippen LogP contribution is 2.27. The number of aromatic amines is 1. The zero-order chi connectivity index (χ0) is 16.1. The minimum absolute atomic E-state index is 0.0990. The van der Waals surface area contributed by atoms with Gasteiger partial charge in [0.1, 0.15) is 0 Å². The van der Waals surface area contributed by atoms with Crippen molar-refractivity contribution in [3.8, 4) is 0 Å². The van der Waals surface area contributed by atoms with Crippen LogP contribution in [0.25, 0.3) is 11.0 Å². The Hall–Kier alpha value is -2.24. The van der Waals surface area contributed by atoms with Gasteiger partial charge in [0.05, 0.1) is 11.0 Å². The van der Waals surface area contributed by atoms with Gasteiger partial charge in [-0.05, 0) is 44.7 Å². The summed E-state index contributed by atoms with van der Waals surface area (Å²) in [5, 5.41) is 9.45. The van der Waals surface area contributed by atoms with Crippen LogP contribution in [0.15, 0.2) is 23.0 Å². The van der Waals surface area contributed by atoms with Gasteiger partial charge in [0.2, 0.25) is 0 Å². The molecule has 1 amide bonds. The average molecular weight is 303 g/mol. The smallest absolute Gasteiger partial charge is 0.407 e. The molecule has 2 N–H and O–H groups in total. The molecular weight excluding hydrogens is 282 g/mol. The molecule has 2 heterocycles. The molecule has 1 aliphatic rings. The molecule has 0 bridgehead atoms. The fourth-order valence-corrected chi connectivity index (χ4v) is 3.29. The van der Waals surface area contributed by atoms with E-state index in [-0.39, 0.29) is 11.6 Å². The van der Waals surface area contributed by atoms with Crippen LogP contribution in [-0.4, -0.2) is 37.7 Å². The van der Waals surface area contributed by atoms with Crippen LogP contribution < -0.4 is 5.69 Å². The molecule has 2 aromatic rings. The van der Waals surface area contributed by atoms with E-state index in [1.807, 2.05) is 39.0 Å². The third-order valence-electron chi connectivity index (χ3n) is 4.31. The molecule has 0 fully saturated rings. The van der Waals surface area contributed by atoms with Crippen LogP contribution in [-0.2, 0) is 13.0 Å². The van der Waals surface area contributed by atoms with Crippen molar-refractivity contribution < 1.29 is 9.90 Å². The summed E-state index contributed by atoms with van der Waals surface area (Å²) in [7, 11) is 0. The fraction of sp³-hybridized carbons (Fsp3) is 0.500. The Bertz CT molecular complexity index is 782. The normalized spacial score (nSPS) is 17.7. The van der Waals surface area contributed by atoms with Gasteiger partial charge in [-0.25, -0.2) is 9.59 Å². The highest BCUT2D eigenvalue weighted by atomic mass is 16.4. The molecule has 1 unspecified atom stereocenters. The number of rotatable bonds is 2. The Labute approximate surface area is 128 Å². The van der Waals surface area contributed by atoms with E-state index in [4.69, 9.17) is 0 Å². The number of aromatic nitrogens is 2. The van der Waals surface area contributed by atoms with E-state index in [1.54, 1.807) is 4.57 Å². The number of benzene rings is 1. The van der Waals surface area contributed by atoms with Gasteiger partial charge in [-0.3, -0.25) is 4.57 Å². The van der Waals surface area contributed by atoms with Gasteiger partial charge in [0.15, 0.2) is 0 Å². The predicted molar refractivity (Wildman–Crippen MR) is 84.2 cm³/mol. The molecule has 1 atom stereocenters. The van der Waals surface area contributed by atoms with Gasteiger partial charge in [-0.1, -0.05) is 12.1 Å². The number of carbonyl (C=O) groups is 1. The van der Waals surface area contributed by atoms with Crippen LogP contribution in [0.1, 0.15) is 26.3 Å². The Morgan fingerprint density at radius 2 is 2.18 bits per heavy atom. The lowest BCUT2D eigenvalue weighted by Gasteiger charge is -2.37. The molecule has 1 aromatic heterocycles. The van der Waals surface area contributed by atoms with Crippen molar-refractivity contribution in [3.63, 3.8) is 0 Å². The molecule has 1 aromatic carbocycles. The number of H-pyrrole nitrogens is 1. The SMILES string of the molecule is CC(C)(C)N(CC1Cc2cccc3[nH]c(=O)n(c23)C1)C(=O)O. The van der Waals surface area contributed by atoms with Gasteiger partial charge in [-0.15, -0.1) is 0 Å². The lowest BCUT2D eigenvalue weighted by atomic mass is 9.93. The summed E-state index contributed by atoms with van der Waals surface area (Å²) in [6.07, 6.45) is -0.132. The van der Waals surface area contributed by atoms with E-state index in [2.05, 4.69) is 4.98 Å². The Balaban J connectivity index is 1.92. The first-order valence-electron chi connectivity index (χ1n) is 7.48. The van der Waals surface area contributed by atoms with E-state index in [0.717, 1.165) is 23.0 Å². The summed E-state index contributed by atoms with van der Waals surface area (Å²) in [5.41, 5.74) is 2.34. The first-order valence-corrected chi connectivity index (χ1v) is 7.48. The second-order valence-corrected chi connectivity index (χ2v) is 6.99. The van der Waals surface area contributed by atoms with Crippen LogP contribution in [0.5, 0.6) is 0 Å². The van der Waals surface area contributed by atoms with Gasteiger partial charge >= 0.3 is 11.8 Å².